The highest BCUT2D eigenvalue weighted by Crippen LogP contribution is 2.44. The Bertz CT molecular complexity index is 1050. The second-order valence-corrected chi connectivity index (χ2v) is 9.84. The predicted molar refractivity (Wildman–Crippen MR) is 133 cm³/mol. The van der Waals surface area contributed by atoms with Gasteiger partial charge in [-0.1, -0.05) is 74.7 Å². The Kier molecular flexibility index (Phi) is 7.43. The maximum Gasteiger partial charge on any atom is 0.407 e. The molecule has 7 nitrogen and oxygen atoms in total. The molecular weight excluding hydrogens is 444 g/mol. The number of carbonyl (C=O) groups excluding carboxylic acids is 2. The Balaban J connectivity index is 1.39. The molecule has 0 radical (unpaired) electrons. The molecule has 1 fully saturated rings. The number of carbonyl (C=O) groups is 3. The van der Waals surface area contributed by atoms with E-state index in [2.05, 4.69) is 34.9 Å². The summed E-state index contributed by atoms with van der Waals surface area (Å²) in [5, 5.41) is 15.1. The smallest absolute Gasteiger partial charge is 0.407 e. The highest BCUT2D eigenvalue weighted by molar-refractivity contribution is 5.88. The summed E-state index contributed by atoms with van der Waals surface area (Å²) in [6.07, 6.45) is 3.38. The quantitative estimate of drug-likeness (QED) is 0.478. The molecule has 3 atom stereocenters. The summed E-state index contributed by atoms with van der Waals surface area (Å²) in [5.41, 5.74) is 3.71. The van der Waals surface area contributed by atoms with Crippen molar-refractivity contribution in [1.29, 1.82) is 0 Å². The van der Waals surface area contributed by atoms with Crippen LogP contribution in [0.15, 0.2) is 48.5 Å². The van der Waals surface area contributed by atoms with E-state index in [1.165, 1.54) is 0 Å². The molecule has 7 heteroatoms. The van der Waals surface area contributed by atoms with Gasteiger partial charge < -0.3 is 20.5 Å². The molecule has 35 heavy (non-hydrogen) atoms. The number of amides is 2. The van der Waals surface area contributed by atoms with Crippen molar-refractivity contribution in [2.24, 2.45) is 5.41 Å². The summed E-state index contributed by atoms with van der Waals surface area (Å²) in [6.45, 7) is 3.98. The van der Waals surface area contributed by atoms with Gasteiger partial charge in [0.25, 0.3) is 0 Å². The lowest BCUT2D eigenvalue weighted by Gasteiger charge is -2.32. The van der Waals surface area contributed by atoms with Crippen molar-refractivity contribution in [3.63, 3.8) is 0 Å². The molecule has 3 N–H and O–H groups in total. The maximum absolute atomic E-state index is 13.1. The number of hydrogen-bond donors (Lipinski definition) is 3. The minimum Gasteiger partial charge on any atom is -0.480 e. The lowest BCUT2D eigenvalue weighted by Crippen LogP contribution is -2.54. The first-order valence-corrected chi connectivity index (χ1v) is 12.5. The topological polar surface area (TPSA) is 105 Å². The van der Waals surface area contributed by atoms with Crippen molar-refractivity contribution in [2.45, 2.75) is 70.4 Å². The molecule has 0 saturated heterocycles. The van der Waals surface area contributed by atoms with Crippen molar-refractivity contribution in [3.05, 3.63) is 59.7 Å². The summed E-state index contributed by atoms with van der Waals surface area (Å²) in [6, 6.07) is 15.0. The minimum atomic E-state index is -1.03. The number of fused-ring (bicyclic) bond motifs is 3. The number of carboxylic acid groups (broad SMARTS) is 1. The zero-order valence-electron chi connectivity index (χ0n) is 20.4. The molecule has 2 aromatic carbocycles. The fourth-order valence-electron chi connectivity index (χ4n) is 5.44. The van der Waals surface area contributed by atoms with Gasteiger partial charge in [-0.25, -0.2) is 9.59 Å². The third kappa shape index (κ3) is 5.04. The van der Waals surface area contributed by atoms with E-state index in [1.54, 1.807) is 6.92 Å². The van der Waals surface area contributed by atoms with Crippen LogP contribution in [0.4, 0.5) is 4.79 Å². The van der Waals surface area contributed by atoms with E-state index < -0.39 is 29.6 Å². The summed E-state index contributed by atoms with van der Waals surface area (Å²) in [4.78, 5) is 37.5. The van der Waals surface area contributed by atoms with E-state index in [-0.39, 0.29) is 18.4 Å². The number of alkyl carbamates (subject to hydrolysis) is 1. The van der Waals surface area contributed by atoms with Crippen LogP contribution in [-0.4, -0.2) is 41.8 Å². The molecule has 0 heterocycles. The predicted octanol–water partition coefficient (Wildman–Crippen LogP) is 4.84. The summed E-state index contributed by atoms with van der Waals surface area (Å²) in [7, 11) is 0. The zero-order chi connectivity index (χ0) is 25.0. The molecule has 3 unspecified atom stereocenters. The average Bonchev–Trinajstić information content (AvgIpc) is 3.38. The number of rotatable bonds is 9. The van der Waals surface area contributed by atoms with Gasteiger partial charge in [-0.3, -0.25) is 4.79 Å². The Hall–Kier alpha value is -3.35. The Labute approximate surface area is 206 Å². The summed E-state index contributed by atoms with van der Waals surface area (Å²) < 4.78 is 5.67. The largest absolute Gasteiger partial charge is 0.480 e. The molecule has 0 spiro atoms. The average molecular weight is 479 g/mol. The zero-order valence-corrected chi connectivity index (χ0v) is 20.4. The normalized spacial score (nSPS) is 21.6. The van der Waals surface area contributed by atoms with Crippen LogP contribution in [0, 0.1) is 5.41 Å². The molecule has 2 aliphatic rings. The van der Waals surface area contributed by atoms with Crippen LogP contribution < -0.4 is 10.6 Å². The van der Waals surface area contributed by atoms with E-state index in [0.717, 1.165) is 41.5 Å². The van der Waals surface area contributed by atoms with Gasteiger partial charge in [-0.15, -0.1) is 0 Å². The van der Waals surface area contributed by atoms with Crippen molar-refractivity contribution in [3.8, 4) is 11.1 Å². The highest BCUT2D eigenvalue weighted by atomic mass is 16.5. The Morgan fingerprint density at radius 2 is 1.71 bits per heavy atom. The molecule has 0 aromatic heterocycles. The van der Waals surface area contributed by atoms with Gasteiger partial charge >= 0.3 is 12.1 Å². The molecule has 2 aliphatic carbocycles. The minimum absolute atomic E-state index is 0.0405. The fourth-order valence-corrected chi connectivity index (χ4v) is 5.44. The van der Waals surface area contributed by atoms with Crippen LogP contribution in [0.1, 0.15) is 69.4 Å². The number of unbranched alkanes of at least 4 members (excludes halogenated alkanes) is 1. The van der Waals surface area contributed by atoms with Gasteiger partial charge in [-0.05, 0) is 48.4 Å². The number of benzene rings is 2. The lowest BCUT2D eigenvalue weighted by atomic mass is 9.83. The molecular formula is C28H34N2O5. The summed E-state index contributed by atoms with van der Waals surface area (Å²) in [5.74, 6) is -1.40. The van der Waals surface area contributed by atoms with Crippen molar-refractivity contribution < 1.29 is 24.2 Å². The van der Waals surface area contributed by atoms with E-state index in [9.17, 15) is 19.5 Å². The monoisotopic (exact) mass is 478 g/mol. The Morgan fingerprint density at radius 3 is 2.31 bits per heavy atom. The molecule has 0 bridgehead atoms. The van der Waals surface area contributed by atoms with Crippen LogP contribution in [-0.2, 0) is 14.3 Å². The van der Waals surface area contributed by atoms with Gasteiger partial charge in [0.2, 0.25) is 5.91 Å². The van der Waals surface area contributed by atoms with Crippen LogP contribution in [0.25, 0.3) is 11.1 Å². The first-order chi connectivity index (χ1) is 16.8. The molecule has 186 valence electrons. The third-order valence-corrected chi connectivity index (χ3v) is 7.56. The number of carboxylic acids is 1. The SMILES string of the molecule is CCCCC(NC(=O)C1(C)CCCC1NC(=O)OCC1c2ccccc2-c2ccccc21)C(=O)O. The second kappa shape index (κ2) is 10.5. The van der Waals surface area contributed by atoms with E-state index in [1.807, 2.05) is 31.2 Å². The van der Waals surface area contributed by atoms with E-state index in [0.29, 0.717) is 19.3 Å². The van der Waals surface area contributed by atoms with Gasteiger partial charge in [-0.2, -0.15) is 0 Å². The van der Waals surface area contributed by atoms with E-state index in [4.69, 9.17) is 4.74 Å². The molecule has 2 aromatic rings. The molecule has 2 amide bonds. The van der Waals surface area contributed by atoms with Gasteiger partial charge in [0.05, 0.1) is 5.41 Å². The first-order valence-electron chi connectivity index (χ1n) is 12.5. The van der Waals surface area contributed by atoms with Gasteiger partial charge in [0.1, 0.15) is 12.6 Å². The van der Waals surface area contributed by atoms with Crippen molar-refractivity contribution in [1.82, 2.24) is 10.6 Å². The van der Waals surface area contributed by atoms with Crippen molar-refractivity contribution >= 4 is 18.0 Å². The highest BCUT2D eigenvalue weighted by Gasteiger charge is 2.47. The standard InChI is InChI=1S/C28H34N2O5/c1-3-4-14-23(25(31)32)29-26(33)28(2)16-9-15-24(28)30-27(34)35-17-22-20-12-7-5-10-18(20)19-11-6-8-13-21(19)22/h5-8,10-13,22-24H,3-4,9,14-17H2,1-2H3,(H,29,33)(H,30,34)(H,31,32). The fraction of sp³-hybridized carbons (Fsp3) is 0.464. The van der Waals surface area contributed by atoms with Gasteiger partial charge in [0.15, 0.2) is 0 Å². The maximum atomic E-state index is 13.1. The second-order valence-electron chi connectivity index (χ2n) is 9.84. The number of nitrogens with one attached hydrogen (secondary N) is 2. The third-order valence-electron chi connectivity index (χ3n) is 7.56. The van der Waals surface area contributed by atoms with Crippen LogP contribution >= 0.6 is 0 Å². The van der Waals surface area contributed by atoms with Crippen molar-refractivity contribution in [2.75, 3.05) is 6.61 Å². The first kappa shape index (κ1) is 24.8. The van der Waals surface area contributed by atoms with Crippen LogP contribution in [0.3, 0.4) is 0 Å². The number of aliphatic carboxylic acids is 1. The molecule has 0 aliphatic heterocycles. The summed E-state index contributed by atoms with van der Waals surface area (Å²) >= 11 is 0. The van der Waals surface area contributed by atoms with Crippen LogP contribution in [0.5, 0.6) is 0 Å². The molecule has 1 saturated carbocycles. The van der Waals surface area contributed by atoms with E-state index >= 15 is 0 Å². The lowest BCUT2D eigenvalue weighted by molar-refractivity contribution is -0.144. The Morgan fingerprint density at radius 1 is 1.09 bits per heavy atom. The number of ether oxygens (including phenoxy) is 1. The van der Waals surface area contributed by atoms with Gasteiger partial charge in [0, 0.05) is 12.0 Å². The van der Waals surface area contributed by atoms with Crippen LogP contribution in [0.2, 0.25) is 0 Å². The molecule has 4 rings (SSSR count). The number of hydrogen-bond acceptors (Lipinski definition) is 4.